The monoisotopic (exact) mass is 690 g/mol. The second-order valence-electron chi connectivity index (χ2n) is 11.8. The van der Waals surface area contributed by atoms with Gasteiger partial charge in [-0.15, -0.1) is 0 Å². The largest absolute Gasteiger partial charge is 0.459 e. The Hall–Kier alpha value is -4.59. The van der Waals surface area contributed by atoms with E-state index in [1.807, 2.05) is 20.8 Å². The van der Waals surface area contributed by atoms with E-state index in [-0.39, 0.29) is 32.8 Å². The minimum Gasteiger partial charge on any atom is -0.459 e. The molecule has 250 valence electrons. The first-order chi connectivity index (χ1) is 23.0. The smallest absolute Gasteiger partial charge is 0.338 e. The molecule has 1 aliphatic heterocycles. The zero-order valence-electron chi connectivity index (χ0n) is 26.4. The van der Waals surface area contributed by atoms with Gasteiger partial charge >= 0.3 is 23.6 Å². The number of nitrogens with zero attached hydrogens (tertiary/aromatic N) is 1. The lowest BCUT2D eigenvalue weighted by atomic mass is 10.1. The van der Waals surface area contributed by atoms with Crippen LogP contribution in [0.5, 0.6) is 0 Å². The van der Waals surface area contributed by atoms with Crippen molar-refractivity contribution in [2.45, 2.75) is 55.8 Å². The van der Waals surface area contributed by atoms with Gasteiger partial charge in [0.05, 0.1) is 16.7 Å². The molecule has 13 heteroatoms. The van der Waals surface area contributed by atoms with Crippen molar-refractivity contribution in [3.05, 3.63) is 140 Å². The second kappa shape index (κ2) is 15.5. The number of ether oxygens (including phenoxy) is 4. The van der Waals surface area contributed by atoms with Crippen molar-refractivity contribution in [1.29, 1.82) is 0 Å². The summed E-state index contributed by atoms with van der Waals surface area (Å²) in [4.78, 5) is 68.1. The van der Waals surface area contributed by atoms with Gasteiger partial charge in [0.25, 0.3) is 5.56 Å². The van der Waals surface area contributed by atoms with Crippen molar-refractivity contribution in [3.8, 4) is 0 Å². The van der Waals surface area contributed by atoms with Gasteiger partial charge in [-0.2, -0.15) is 0 Å². The average Bonchev–Trinajstić information content (AvgIpc) is 3.40. The maximum atomic E-state index is 13.4. The molecule has 1 fully saturated rings. The fourth-order valence-electron chi connectivity index (χ4n) is 4.77. The first-order valence-electron chi connectivity index (χ1n) is 15.0. The lowest BCUT2D eigenvalue weighted by molar-refractivity contribution is -0.0640. The van der Waals surface area contributed by atoms with Gasteiger partial charge in [0.15, 0.2) is 18.4 Å². The van der Waals surface area contributed by atoms with Crippen LogP contribution in [0, 0.1) is 0 Å². The Morgan fingerprint density at radius 1 is 0.771 bits per heavy atom. The minimum atomic E-state index is -1.40. The summed E-state index contributed by atoms with van der Waals surface area (Å²) in [5, 5.41) is 0. The number of hydrogen-bond donors (Lipinski definition) is 1. The Morgan fingerprint density at radius 3 is 1.79 bits per heavy atom. The Morgan fingerprint density at radius 2 is 1.27 bits per heavy atom. The number of H-pyrrole nitrogens is 1. The molecule has 0 aliphatic carbocycles. The standard InChI is InChI=1S/C35H34N2O9S2/c1-35(2,3)48-47-21-25-19-37(34(42)36-29(25)38)30-28(46-33(41)24-17-11-6-12-18-24)27(45-32(40)23-15-9-5-10-16-23)26(44-30)20-43-31(39)22-13-7-4-8-14-22/h4-19,26-28,30H,20-21H2,1-3H3,(H,36,38,42)/t26-,27-,28-,30-/m1/s1. The molecule has 1 aliphatic rings. The zero-order chi connectivity index (χ0) is 34.3. The molecule has 0 spiro atoms. The van der Waals surface area contributed by atoms with Crippen LogP contribution in [0.2, 0.25) is 0 Å². The number of carbonyl (C=O) groups excluding carboxylic acids is 3. The van der Waals surface area contributed by atoms with Gasteiger partial charge in [-0.25, -0.2) is 19.2 Å². The van der Waals surface area contributed by atoms with Crippen molar-refractivity contribution in [3.63, 3.8) is 0 Å². The number of nitrogens with one attached hydrogen (secondary N) is 1. The van der Waals surface area contributed by atoms with Crippen molar-refractivity contribution in [2.24, 2.45) is 0 Å². The summed E-state index contributed by atoms with van der Waals surface area (Å²) in [6, 6.07) is 24.6. The normalized spacial score (nSPS) is 19.0. The van der Waals surface area contributed by atoms with Gasteiger partial charge in [-0.1, -0.05) is 97.0 Å². The van der Waals surface area contributed by atoms with Gasteiger partial charge in [0.1, 0.15) is 12.7 Å². The molecule has 2 heterocycles. The minimum absolute atomic E-state index is 0.0859. The molecule has 5 rings (SSSR count). The third kappa shape index (κ3) is 8.85. The summed E-state index contributed by atoms with van der Waals surface area (Å²) in [5.41, 5.74) is -0.444. The number of hydrogen-bond acceptors (Lipinski definition) is 11. The molecule has 0 saturated carbocycles. The molecule has 11 nitrogen and oxygen atoms in total. The van der Waals surface area contributed by atoms with E-state index in [1.165, 1.54) is 17.0 Å². The van der Waals surface area contributed by atoms with Crippen molar-refractivity contribution in [2.75, 3.05) is 6.61 Å². The SMILES string of the molecule is CC(C)(C)SSCc1cn([C@@H]2O[C@H](COC(=O)c3ccccc3)[C@@H](OC(=O)c3ccccc3)[C@H]2OC(=O)c2ccccc2)c(=O)[nH]c1=O. The predicted molar refractivity (Wildman–Crippen MR) is 182 cm³/mol. The third-order valence-corrected chi connectivity index (χ3v) is 10.3. The number of aromatic nitrogens is 2. The van der Waals surface area contributed by atoms with Crippen molar-refractivity contribution < 1.29 is 33.3 Å². The lowest BCUT2D eigenvalue weighted by Gasteiger charge is -2.25. The van der Waals surface area contributed by atoms with Gasteiger partial charge < -0.3 is 18.9 Å². The predicted octanol–water partition coefficient (Wildman–Crippen LogP) is 5.42. The van der Waals surface area contributed by atoms with E-state index in [1.54, 1.807) is 102 Å². The van der Waals surface area contributed by atoms with Crippen LogP contribution in [0.3, 0.4) is 0 Å². The maximum Gasteiger partial charge on any atom is 0.338 e. The molecule has 0 radical (unpaired) electrons. The van der Waals surface area contributed by atoms with E-state index in [2.05, 4.69) is 4.98 Å². The Kier molecular flexibility index (Phi) is 11.2. The molecule has 48 heavy (non-hydrogen) atoms. The summed E-state index contributed by atoms with van der Waals surface area (Å²) < 4.78 is 24.7. The molecule has 1 saturated heterocycles. The average molecular weight is 691 g/mol. The van der Waals surface area contributed by atoms with Crippen LogP contribution >= 0.6 is 21.6 Å². The van der Waals surface area contributed by atoms with E-state index in [4.69, 9.17) is 18.9 Å². The molecule has 1 aromatic heterocycles. The van der Waals surface area contributed by atoms with E-state index in [9.17, 15) is 24.0 Å². The van der Waals surface area contributed by atoms with Gasteiger partial charge in [0.2, 0.25) is 0 Å². The number of aromatic amines is 1. The van der Waals surface area contributed by atoms with Crippen LogP contribution in [-0.4, -0.2) is 57.1 Å². The summed E-state index contributed by atoms with van der Waals surface area (Å²) >= 11 is 0. The van der Waals surface area contributed by atoms with Crippen LogP contribution in [0.15, 0.2) is 107 Å². The van der Waals surface area contributed by atoms with E-state index in [0.29, 0.717) is 0 Å². The van der Waals surface area contributed by atoms with Gasteiger partial charge in [-0.05, 0) is 36.4 Å². The summed E-state index contributed by atoms with van der Waals surface area (Å²) in [6.45, 7) is 5.69. The zero-order valence-corrected chi connectivity index (χ0v) is 28.0. The Bertz CT molecular complexity index is 1840. The van der Waals surface area contributed by atoms with Crippen molar-refractivity contribution >= 4 is 39.5 Å². The Labute approximate surface area is 284 Å². The van der Waals surface area contributed by atoms with Crippen LogP contribution in [-0.2, 0) is 24.7 Å². The maximum absolute atomic E-state index is 13.4. The van der Waals surface area contributed by atoms with E-state index in [0.717, 1.165) is 4.57 Å². The number of carbonyl (C=O) groups is 3. The molecule has 4 atom stereocenters. The summed E-state index contributed by atoms with van der Waals surface area (Å²) in [5.74, 6) is -1.93. The molecular weight excluding hydrogens is 657 g/mol. The first-order valence-corrected chi connectivity index (χ1v) is 17.4. The summed E-state index contributed by atoms with van der Waals surface area (Å²) in [7, 11) is 3.01. The van der Waals surface area contributed by atoms with Crippen LogP contribution in [0.1, 0.15) is 63.6 Å². The summed E-state index contributed by atoms with van der Waals surface area (Å²) in [6.07, 6.45) is -3.96. The highest BCUT2D eigenvalue weighted by atomic mass is 33.1. The van der Waals surface area contributed by atoms with Crippen LogP contribution < -0.4 is 11.2 Å². The highest BCUT2D eigenvalue weighted by Crippen LogP contribution is 2.37. The Balaban J connectivity index is 1.52. The fourth-order valence-corrected chi connectivity index (χ4v) is 7.13. The number of benzene rings is 3. The van der Waals surface area contributed by atoms with E-state index >= 15 is 0 Å². The lowest BCUT2D eigenvalue weighted by Crippen LogP contribution is -2.43. The molecule has 0 unspecified atom stereocenters. The van der Waals surface area contributed by atoms with E-state index < -0.39 is 60.3 Å². The van der Waals surface area contributed by atoms with Gasteiger partial charge in [0, 0.05) is 22.3 Å². The van der Waals surface area contributed by atoms with Gasteiger partial charge in [-0.3, -0.25) is 14.3 Å². The highest BCUT2D eigenvalue weighted by Gasteiger charge is 2.51. The highest BCUT2D eigenvalue weighted by molar-refractivity contribution is 8.76. The number of esters is 3. The first kappa shape index (κ1) is 34.7. The molecule has 3 aromatic carbocycles. The molecule has 4 aromatic rings. The van der Waals surface area contributed by atoms with Crippen LogP contribution in [0.25, 0.3) is 0 Å². The molecule has 1 N–H and O–H groups in total. The second-order valence-corrected chi connectivity index (χ2v) is 14.9. The quantitative estimate of drug-likeness (QED) is 0.122. The van der Waals surface area contributed by atoms with Crippen LogP contribution in [0.4, 0.5) is 0 Å². The fraction of sp³-hybridized carbons (Fsp3) is 0.286. The number of rotatable bonds is 11. The third-order valence-electron chi connectivity index (χ3n) is 7.02. The molecular formula is C35H34N2O9S2. The topological polar surface area (TPSA) is 143 Å². The molecule has 0 bridgehead atoms. The molecule has 0 amide bonds. The van der Waals surface area contributed by atoms with Crippen molar-refractivity contribution in [1.82, 2.24) is 9.55 Å².